The van der Waals surface area contributed by atoms with E-state index in [1.54, 1.807) is 20.8 Å². The third-order valence-electron chi connectivity index (χ3n) is 6.04. The van der Waals surface area contributed by atoms with Gasteiger partial charge in [0.2, 0.25) is 5.91 Å². The molecule has 4 atom stereocenters. The summed E-state index contributed by atoms with van der Waals surface area (Å²) in [6, 6.07) is 9.62. The summed E-state index contributed by atoms with van der Waals surface area (Å²) in [5.41, 5.74) is 0.278. The maximum atomic E-state index is 13.3. The number of carbonyl (C=O) groups is 3. The van der Waals surface area contributed by atoms with Crippen molar-refractivity contribution in [2.75, 3.05) is 39.1 Å². The van der Waals surface area contributed by atoms with E-state index in [0.717, 1.165) is 5.56 Å². The Hall–Kier alpha value is -2.26. The molecule has 2 fully saturated rings. The molecule has 1 aromatic rings. The second-order valence-electron chi connectivity index (χ2n) is 9.86. The van der Waals surface area contributed by atoms with Gasteiger partial charge in [-0.15, -0.1) is 0 Å². The van der Waals surface area contributed by atoms with Crippen LogP contribution in [-0.2, 0) is 48.6 Å². The summed E-state index contributed by atoms with van der Waals surface area (Å²) in [4.78, 5) is 37.2. The molecule has 2 saturated heterocycles. The molecule has 0 aliphatic carbocycles. The number of carbonyl (C=O) groups excluding carboxylic acids is 3. The van der Waals surface area contributed by atoms with E-state index in [2.05, 4.69) is 5.32 Å². The van der Waals surface area contributed by atoms with E-state index < -0.39 is 42.9 Å². The minimum Gasteiger partial charge on any atom is -0.465 e. The van der Waals surface area contributed by atoms with Crippen LogP contribution in [0.3, 0.4) is 0 Å². The zero-order valence-electron chi connectivity index (χ0n) is 21.1. The van der Waals surface area contributed by atoms with Crippen LogP contribution in [0.1, 0.15) is 39.2 Å². The Morgan fingerprint density at radius 3 is 2.67 bits per heavy atom. The van der Waals surface area contributed by atoms with Crippen molar-refractivity contribution < 1.29 is 42.2 Å². The fourth-order valence-corrected chi connectivity index (χ4v) is 6.17. The van der Waals surface area contributed by atoms with Crippen molar-refractivity contribution >= 4 is 25.4 Å². The number of nitrogens with one attached hydrogen (secondary N) is 1. The lowest BCUT2D eigenvalue weighted by Crippen LogP contribution is -2.50. The monoisotopic (exact) mass is 525 g/mol. The predicted octanol–water partition coefficient (Wildman–Crippen LogP) is 2.88. The second-order valence-corrected chi connectivity index (χ2v) is 11.9. The molecular weight excluding hydrogens is 489 g/mol. The van der Waals surface area contributed by atoms with Crippen molar-refractivity contribution in [1.82, 2.24) is 5.32 Å². The molecule has 1 amide bonds. The van der Waals surface area contributed by atoms with E-state index in [4.69, 9.17) is 23.3 Å². The Morgan fingerprint density at radius 1 is 1.22 bits per heavy atom. The van der Waals surface area contributed by atoms with Crippen LogP contribution in [0.15, 0.2) is 30.3 Å². The van der Waals surface area contributed by atoms with Crippen molar-refractivity contribution in [1.29, 1.82) is 0 Å². The summed E-state index contributed by atoms with van der Waals surface area (Å²) in [5.74, 6) is -2.18. The molecular formula is C25H36NO9P. The summed E-state index contributed by atoms with van der Waals surface area (Å²) >= 11 is 0. The molecule has 2 aliphatic heterocycles. The Labute approximate surface area is 211 Å². The Morgan fingerprint density at radius 2 is 1.97 bits per heavy atom. The summed E-state index contributed by atoms with van der Waals surface area (Å²) in [7, 11) is -3.74. The molecule has 10 nitrogen and oxygen atoms in total. The third-order valence-corrected chi connectivity index (χ3v) is 8.09. The van der Waals surface area contributed by atoms with Gasteiger partial charge in [-0.1, -0.05) is 51.1 Å². The highest BCUT2D eigenvalue weighted by molar-refractivity contribution is 7.54. The molecule has 2 heterocycles. The molecule has 2 aliphatic rings. The van der Waals surface area contributed by atoms with Gasteiger partial charge in [0.25, 0.3) is 0 Å². The molecule has 0 saturated carbocycles. The number of esters is 2. The van der Waals surface area contributed by atoms with Crippen LogP contribution >= 0.6 is 7.60 Å². The summed E-state index contributed by atoms with van der Waals surface area (Å²) in [6.07, 6.45) is -0.289. The summed E-state index contributed by atoms with van der Waals surface area (Å²) in [5, 5.41) is 2.66. The predicted molar refractivity (Wildman–Crippen MR) is 130 cm³/mol. The lowest BCUT2D eigenvalue weighted by atomic mass is 9.87. The van der Waals surface area contributed by atoms with Crippen molar-refractivity contribution in [2.45, 2.75) is 52.2 Å². The molecule has 200 valence electrons. The zero-order chi connectivity index (χ0) is 26.2. The number of rotatable bonds is 11. The third kappa shape index (κ3) is 8.40. The molecule has 0 aromatic heterocycles. The average molecular weight is 526 g/mol. The van der Waals surface area contributed by atoms with Gasteiger partial charge in [0, 0.05) is 24.8 Å². The first-order valence-corrected chi connectivity index (χ1v) is 14.0. The van der Waals surface area contributed by atoms with Crippen molar-refractivity contribution in [3.8, 4) is 0 Å². The molecule has 1 unspecified atom stereocenters. The van der Waals surface area contributed by atoms with Crippen molar-refractivity contribution in [3.05, 3.63) is 35.9 Å². The number of amides is 1. The van der Waals surface area contributed by atoms with Gasteiger partial charge in [-0.05, 0) is 5.56 Å². The maximum absolute atomic E-state index is 13.3. The first-order valence-electron chi connectivity index (χ1n) is 12.3. The van der Waals surface area contributed by atoms with Gasteiger partial charge in [-0.25, -0.2) is 0 Å². The topological polar surface area (TPSA) is 126 Å². The van der Waals surface area contributed by atoms with Crippen LogP contribution in [0.4, 0.5) is 0 Å². The fourth-order valence-electron chi connectivity index (χ4n) is 3.87. The summed E-state index contributed by atoms with van der Waals surface area (Å²) < 4.78 is 40.3. The van der Waals surface area contributed by atoms with Crippen LogP contribution in [-0.4, -0.2) is 69.2 Å². The number of benzene rings is 1. The molecule has 0 radical (unpaired) electrons. The Kier molecular flexibility index (Phi) is 10.1. The minimum atomic E-state index is -3.74. The van der Waals surface area contributed by atoms with E-state index in [1.807, 2.05) is 30.3 Å². The highest BCUT2D eigenvalue weighted by Crippen LogP contribution is 2.57. The molecule has 0 bridgehead atoms. The van der Waals surface area contributed by atoms with E-state index in [1.165, 1.54) is 0 Å². The standard InChI is InChI=1S/C25H36NO9P/c1-18(24(29)32-14-10-19-7-5-4-6-8-19)16-36(30)33-17-25(2,3)22(35-36)23(28)26-12-9-21(27)34-20-11-13-31-15-20/h4-8,18,20,22H,9-17H2,1-3H3,(H,26,28)/t18-,20-,22+,36?/m1/s1. The van der Waals surface area contributed by atoms with Gasteiger partial charge < -0.3 is 24.1 Å². The average Bonchev–Trinajstić information content (AvgIpc) is 3.34. The molecule has 0 spiro atoms. The lowest BCUT2D eigenvalue weighted by Gasteiger charge is -2.40. The molecule has 36 heavy (non-hydrogen) atoms. The van der Waals surface area contributed by atoms with E-state index >= 15 is 0 Å². The van der Waals surface area contributed by atoms with Gasteiger partial charge in [0.15, 0.2) is 6.10 Å². The minimum absolute atomic E-state index is 0.00456. The molecule has 1 aromatic carbocycles. The van der Waals surface area contributed by atoms with Crippen molar-refractivity contribution in [3.63, 3.8) is 0 Å². The molecule has 1 N–H and O–H groups in total. The fraction of sp³-hybridized carbons (Fsp3) is 0.640. The largest absolute Gasteiger partial charge is 0.465 e. The first kappa shape index (κ1) is 28.3. The number of ether oxygens (including phenoxy) is 3. The van der Waals surface area contributed by atoms with Gasteiger partial charge in [-0.2, -0.15) is 0 Å². The van der Waals surface area contributed by atoms with Gasteiger partial charge in [0.1, 0.15) is 6.10 Å². The summed E-state index contributed by atoms with van der Waals surface area (Å²) in [6.45, 7) is 6.33. The molecule has 11 heteroatoms. The van der Waals surface area contributed by atoms with Crippen LogP contribution in [0.5, 0.6) is 0 Å². The van der Waals surface area contributed by atoms with Crippen LogP contribution < -0.4 is 5.32 Å². The highest BCUT2D eigenvalue weighted by atomic mass is 31.2. The van der Waals surface area contributed by atoms with Gasteiger partial charge in [-0.3, -0.25) is 23.5 Å². The second kappa shape index (κ2) is 12.8. The number of hydrogen-bond donors (Lipinski definition) is 1. The van der Waals surface area contributed by atoms with Crippen LogP contribution in [0.25, 0.3) is 0 Å². The van der Waals surface area contributed by atoms with Crippen molar-refractivity contribution in [2.24, 2.45) is 11.3 Å². The maximum Gasteiger partial charge on any atom is 0.332 e. The lowest BCUT2D eigenvalue weighted by molar-refractivity contribution is -0.149. The van der Waals surface area contributed by atoms with Gasteiger partial charge >= 0.3 is 19.5 Å². The van der Waals surface area contributed by atoms with Crippen LogP contribution in [0, 0.1) is 11.3 Å². The number of hydrogen-bond acceptors (Lipinski definition) is 9. The SMILES string of the molecule is C[C@H](CP1(=O)OCC(C)(C)[C@H](C(=O)NCCC(=O)O[C@@H]2CCOC2)O1)C(=O)OCCc1ccccc1. The highest BCUT2D eigenvalue weighted by Gasteiger charge is 2.48. The Balaban J connectivity index is 1.46. The quantitative estimate of drug-likeness (QED) is 0.343. The van der Waals surface area contributed by atoms with E-state index in [9.17, 15) is 18.9 Å². The first-order chi connectivity index (χ1) is 17.1. The van der Waals surface area contributed by atoms with E-state index in [0.29, 0.717) is 26.1 Å². The van der Waals surface area contributed by atoms with E-state index in [-0.39, 0.29) is 38.4 Å². The Bertz CT molecular complexity index is 946. The van der Waals surface area contributed by atoms with Crippen LogP contribution in [0.2, 0.25) is 0 Å². The normalized spacial score (nSPS) is 26.1. The molecule has 3 rings (SSSR count). The zero-order valence-corrected chi connectivity index (χ0v) is 22.0. The van der Waals surface area contributed by atoms with Gasteiger partial charge in [0.05, 0.1) is 44.9 Å². The smallest absolute Gasteiger partial charge is 0.332 e.